The number of hydrogen-bond donors (Lipinski definition) is 0. The third kappa shape index (κ3) is 8.20. The second-order valence-corrected chi connectivity index (χ2v) is 27.7. The van der Waals surface area contributed by atoms with Crippen molar-refractivity contribution in [1.29, 1.82) is 0 Å². The summed E-state index contributed by atoms with van der Waals surface area (Å²) in [5, 5.41) is 0.304. The molecule has 0 N–H and O–H groups in total. The lowest BCUT2D eigenvalue weighted by molar-refractivity contribution is -0.108. The number of rotatable bonds is 11. The van der Waals surface area contributed by atoms with Crippen LogP contribution < -0.4 is 0 Å². The van der Waals surface area contributed by atoms with Crippen LogP contribution in [0.2, 0.25) is 36.3 Å². The molecular weight excluding hydrogens is 573 g/mol. The normalized spacial score (nSPS) is 31.2. The first-order chi connectivity index (χ1) is 20.2. The van der Waals surface area contributed by atoms with Gasteiger partial charge < -0.3 is 13.6 Å². The van der Waals surface area contributed by atoms with Crippen molar-refractivity contribution >= 4 is 22.9 Å². The van der Waals surface area contributed by atoms with Gasteiger partial charge >= 0.3 is 0 Å². The molecule has 3 nitrogen and oxygen atoms in total. The van der Waals surface area contributed by atoms with Gasteiger partial charge in [-0.25, -0.2) is 0 Å². The minimum atomic E-state index is -1.98. The molecule has 252 valence electrons. The molecule has 0 aromatic heterocycles. The number of fused-ring (bicyclic) bond motifs is 1. The van der Waals surface area contributed by atoms with E-state index < -0.39 is 16.6 Å². The zero-order valence-corrected chi connectivity index (χ0v) is 33.2. The fourth-order valence-corrected chi connectivity index (χ4v) is 10.9. The Morgan fingerprint density at radius 3 is 1.98 bits per heavy atom. The third-order valence-corrected chi connectivity index (χ3v) is 22.3. The first-order valence-corrected chi connectivity index (χ1v) is 23.9. The molecular formula is C39H70O3Si2. The van der Waals surface area contributed by atoms with Crippen LogP contribution in [0.5, 0.6) is 0 Å². The Kier molecular flexibility index (Phi) is 12.1. The van der Waals surface area contributed by atoms with Crippen LogP contribution in [0.3, 0.4) is 0 Å². The predicted octanol–water partition coefficient (Wildman–Crippen LogP) is 11.8. The highest BCUT2D eigenvalue weighted by Gasteiger charge is 2.51. The second kappa shape index (κ2) is 14.2. The summed E-state index contributed by atoms with van der Waals surface area (Å²) in [5.74, 6) is 2.77. The van der Waals surface area contributed by atoms with E-state index >= 15 is 0 Å². The van der Waals surface area contributed by atoms with Gasteiger partial charge in [-0.1, -0.05) is 98.6 Å². The monoisotopic (exact) mass is 642 g/mol. The molecule has 0 spiro atoms. The van der Waals surface area contributed by atoms with Gasteiger partial charge in [0.05, 0.1) is 12.2 Å². The molecule has 7 atom stereocenters. The Hall–Kier alpha value is -0.756. The summed E-state index contributed by atoms with van der Waals surface area (Å²) in [5.41, 5.74) is 4.67. The molecule has 0 saturated heterocycles. The van der Waals surface area contributed by atoms with Crippen LogP contribution in [0.1, 0.15) is 127 Å². The van der Waals surface area contributed by atoms with Crippen LogP contribution >= 0.6 is 0 Å². The molecule has 3 rings (SSSR count). The molecule has 5 heteroatoms. The summed E-state index contributed by atoms with van der Waals surface area (Å²) in [6, 6.07) is 0. The van der Waals surface area contributed by atoms with E-state index in [1.54, 1.807) is 5.57 Å². The van der Waals surface area contributed by atoms with Gasteiger partial charge in [-0.05, 0) is 122 Å². The maximum Gasteiger partial charge on any atom is 0.192 e. The van der Waals surface area contributed by atoms with Crippen molar-refractivity contribution in [3.05, 3.63) is 35.5 Å². The van der Waals surface area contributed by atoms with E-state index in [2.05, 4.69) is 107 Å². The van der Waals surface area contributed by atoms with Crippen molar-refractivity contribution in [2.24, 2.45) is 29.1 Å². The minimum Gasteiger partial charge on any atom is -0.410 e. The molecule has 44 heavy (non-hydrogen) atoms. The lowest BCUT2D eigenvalue weighted by atomic mass is 9.59. The first-order valence-electron chi connectivity index (χ1n) is 18.0. The number of aldehydes is 1. The molecule has 3 aliphatic carbocycles. The molecule has 0 radical (unpaired) electrons. The van der Waals surface area contributed by atoms with E-state index in [1.165, 1.54) is 44.1 Å². The number of allylic oxidation sites excluding steroid dienone is 3. The molecule has 3 aliphatic rings. The maximum atomic E-state index is 11.2. The van der Waals surface area contributed by atoms with Crippen LogP contribution in [-0.4, -0.2) is 35.1 Å². The smallest absolute Gasteiger partial charge is 0.192 e. The Bertz CT molecular complexity index is 1030. The Labute approximate surface area is 275 Å². The van der Waals surface area contributed by atoms with Crippen molar-refractivity contribution in [1.82, 2.24) is 0 Å². The van der Waals surface area contributed by atoms with E-state index in [0.717, 1.165) is 37.0 Å². The van der Waals surface area contributed by atoms with Crippen LogP contribution in [0.15, 0.2) is 35.5 Å². The molecule has 0 heterocycles. The van der Waals surface area contributed by atoms with Crippen molar-refractivity contribution < 1.29 is 13.6 Å². The van der Waals surface area contributed by atoms with E-state index in [-0.39, 0.29) is 22.3 Å². The fourth-order valence-electron chi connectivity index (χ4n) is 8.28. The standard InChI is InChI=1S/C39H70O3Si2/c1-15-31(19-17-25-40)28(2)33-22-23-34-32(18-16-24-39(33,34)10)21-20-30-26-35(41-43(11,12)37(4,5)6)29(3)36(27-30)42-44(13,14)38(7,8)9/h20-21,25,28,31,33-36H,3,15-19,22-24,26-27H2,1-2,4-14H3/b32-21+/t28-,31+,33-,34+,35-,36-,39-/m1/s1. The van der Waals surface area contributed by atoms with E-state index in [4.69, 9.17) is 8.85 Å². The number of hydrogen-bond acceptors (Lipinski definition) is 3. The Balaban J connectivity index is 1.90. The molecule has 0 unspecified atom stereocenters. The van der Waals surface area contributed by atoms with Gasteiger partial charge in [0.25, 0.3) is 0 Å². The maximum absolute atomic E-state index is 11.2. The Morgan fingerprint density at radius 1 is 0.955 bits per heavy atom. The van der Waals surface area contributed by atoms with Crippen molar-refractivity contribution in [2.75, 3.05) is 0 Å². The zero-order valence-electron chi connectivity index (χ0n) is 31.2. The lowest BCUT2D eigenvalue weighted by Gasteiger charge is -2.46. The van der Waals surface area contributed by atoms with Crippen molar-refractivity contribution in [2.45, 2.75) is 175 Å². The van der Waals surface area contributed by atoms with Crippen LogP contribution in [0.25, 0.3) is 0 Å². The summed E-state index contributed by atoms with van der Waals surface area (Å²) in [4.78, 5) is 11.2. The largest absolute Gasteiger partial charge is 0.410 e. The summed E-state index contributed by atoms with van der Waals surface area (Å²) in [7, 11) is -3.96. The summed E-state index contributed by atoms with van der Waals surface area (Å²) < 4.78 is 14.2. The minimum absolute atomic E-state index is 0.0229. The number of carbonyl (C=O) groups is 1. The van der Waals surface area contributed by atoms with Crippen LogP contribution in [0.4, 0.5) is 0 Å². The molecule has 0 amide bonds. The van der Waals surface area contributed by atoms with Gasteiger partial charge in [0.2, 0.25) is 0 Å². The highest BCUT2D eigenvalue weighted by atomic mass is 28.4. The predicted molar refractivity (Wildman–Crippen MR) is 195 cm³/mol. The highest BCUT2D eigenvalue weighted by Crippen LogP contribution is 2.60. The average Bonchev–Trinajstić information content (AvgIpc) is 3.26. The van der Waals surface area contributed by atoms with Crippen LogP contribution in [0, 0.1) is 29.1 Å². The van der Waals surface area contributed by atoms with E-state index in [1.807, 2.05) is 0 Å². The van der Waals surface area contributed by atoms with Gasteiger partial charge in [-0.2, -0.15) is 0 Å². The van der Waals surface area contributed by atoms with E-state index in [9.17, 15) is 4.79 Å². The fraction of sp³-hybridized carbons (Fsp3) is 0.821. The quantitative estimate of drug-likeness (QED) is 0.128. The lowest BCUT2D eigenvalue weighted by Crippen LogP contribution is -2.49. The Morgan fingerprint density at radius 2 is 1.50 bits per heavy atom. The highest BCUT2D eigenvalue weighted by molar-refractivity contribution is 6.74. The SMILES string of the molecule is C=C1[C@H](O[Si](C)(C)C(C)(C)C)CC(=C/C=C2\CCC[C@]3(C)[C@@H]([C@H](C)[C@@H](CC)CCC=O)CC[C@@H]23)C[C@H]1O[Si](C)(C)C(C)(C)C. The first kappa shape index (κ1) is 37.7. The summed E-state index contributed by atoms with van der Waals surface area (Å²) >= 11 is 0. The van der Waals surface area contributed by atoms with Gasteiger partial charge in [-0.3, -0.25) is 0 Å². The van der Waals surface area contributed by atoms with Gasteiger partial charge in [0.1, 0.15) is 6.29 Å². The molecule has 3 saturated carbocycles. The van der Waals surface area contributed by atoms with Crippen molar-refractivity contribution in [3.63, 3.8) is 0 Å². The summed E-state index contributed by atoms with van der Waals surface area (Å²) in [6.45, 7) is 35.5. The summed E-state index contributed by atoms with van der Waals surface area (Å²) in [6.07, 6.45) is 17.5. The molecule has 0 aromatic carbocycles. The molecule has 0 aliphatic heterocycles. The van der Waals surface area contributed by atoms with Crippen LogP contribution in [-0.2, 0) is 13.6 Å². The molecule has 3 fully saturated rings. The zero-order chi connectivity index (χ0) is 33.3. The number of carbonyl (C=O) groups excluding carboxylic acids is 1. The van der Waals surface area contributed by atoms with Gasteiger partial charge in [-0.15, -0.1) is 0 Å². The van der Waals surface area contributed by atoms with E-state index in [0.29, 0.717) is 29.6 Å². The molecule has 0 aromatic rings. The topological polar surface area (TPSA) is 35.5 Å². The third-order valence-electron chi connectivity index (χ3n) is 13.3. The molecule has 0 bridgehead atoms. The van der Waals surface area contributed by atoms with Crippen molar-refractivity contribution in [3.8, 4) is 0 Å². The second-order valence-electron chi connectivity index (χ2n) is 18.2. The van der Waals surface area contributed by atoms with Gasteiger partial charge in [0, 0.05) is 6.42 Å². The average molecular weight is 643 g/mol. The van der Waals surface area contributed by atoms with Gasteiger partial charge in [0.15, 0.2) is 16.6 Å².